The maximum absolute atomic E-state index is 5.60. The predicted molar refractivity (Wildman–Crippen MR) is 203 cm³/mol. The van der Waals surface area contributed by atoms with Gasteiger partial charge in [0.25, 0.3) is 0 Å². The fraction of sp³-hybridized carbons (Fsp3) is 0.238. The van der Waals surface area contributed by atoms with E-state index in [9.17, 15) is 0 Å². The Kier molecular flexibility index (Phi) is 11.7. The molecule has 0 saturated heterocycles. The van der Waals surface area contributed by atoms with Crippen LogP contribution in [0.15, 0.2) is 137 Å². The highest BCUT2D eigenvalue weighted by Gasteiger charge is 2.21. The normalized spacial score (nSPS) is 12.8. The van der Waals surface area contributed by atoms with Gasteiger partial charge in [0.05, 0.1) is 17.9 Å². The van der Waals surface area contributed by atoms with E-state index in [1.807, 2.05) is 60.7 Å². The highest BCUT2D eigenvalue weighted by molar-refractivity contribution is 6.01. The molecule has 1 aliphatic carbocycles. The Labute approximate surface area is 281 Å². The molecule has 240 valence electrons. The lowest BCUT2D eigenvalue weighted by Gasteiger charge is -2.33. The van der Waals surface area contributed by atoms with E-state index in [0.717, 1.165) is 23.6 Å². The Balaban J connectivity index is 0.000000257. The molecule has 5 heteroatoms. The summed E-state index contributed by atoms with van der Waals surface area (Å²) in [5, 5.41) is 0. The van der Waals surface area contributed by atoms with Gasteiger partial charge in [-0.1, -0.05) is 116 Å². The minimum absolute atomic E-state index is 0.581. The summed E-state index contributed by atoms with van der Waals surface area (Å²) in [6, 6.07) is 44.1. The lowest BCUT2D eigenvalue weighted by Crippen LogP contribution is -2.30. The number of aliphatic imine (C=N–C) groups is 2. The molecular weight excluding hydrogens is 574 g/mol. The molecule has 0 amide bonds. The highest BCUT2D eigenvalue weighted by Crippen LogP contribution is 2.35. The van der Waals surface area contributed by atoms with Crippen LogP contribution < -0.4 is 15.5 Å². The molecule has 0 atom stereocenters. The fourth-order valence-corrected chi connectivity index (χ4v) is 5.84. The standard InChI is InChI=1S/C29H34N4.C13H13N/c1-30-29(25-11-6-5-7-12-25)31-20-22-13-15-24(16-14-22)26-17-18-27(28(19-26)32(2)3)33(4)21-23-9-8-10-23;14-10-11-5-4-8-13(9-11)12-6-2-1-3-7-12/h5-7,11-19,23H,1,8-10,20-21H2,2-4H3;1-9H,10,14H2. The molecule has 2 N–H and O–H groups in total. The van der Waals surface area contributed by atoms with Crippen molar-refractivity contribution in [3.63, 3.8) is 0 Å². The summed E-state index contributed by atoms with van der Waals surface area (Å²) in [6.45, 7) is 6.00. The molecule has 0 aromatic heterocycles. The molecule has 5 aromatic rings. The van der Waals surface area contributed by atoms with Crippen molar-refractivity contribution in [2.24, 2.45) is 21.6 Å². The largest absolute Gasteiger partial charge is 0.376 e. The van der Waals surface area contributed by atoms with E-state index >= 15 is 0 Å². The van der Waals surface area contributed by atoms with Gasteiger partial charge in [-0.3, -0.25) is 4.99 Å². The van der Waals surface area contributed by atoms with E-state index in [-0.39, 0.29) is 0 Å². The number of nitrogens with two attached hydrogens (primary N) is 1. The molecule has 1 saturated carbocycles. The number of amidine groups is 1. The van der Waals surface area contributed by atoms with Crippen LogP contribution >= 0.6 is 0 Å². The Bertz CT molecular complexity index is 1740. The number of hydrogen-bond donors (Lipinski definition) is 1. The minimum atomic E-state index is 0.581. The van der Waals surface area contributed by atoms with Gasteiger partial charge in [-0.2, -0.15) is 0 Å². The van der Waals surface area contributed by atoms with E-state index in [1.165, 1.54) is 58.5 Å². The van der Waals surface area contributed by atoms with E-state index < -0.39 is 0 Å². The second-order valence-corrected chi connectivity index (χ2v) is 12.4. The van der Waals surface area contributed by atoms with Crippen LogP contribution in [0.5, 0.6) is 0 Å². The van der Waals surface area contributed by atoms with Crippen LogP contribution in [-0.4, -0.2) is 40.2 Å². The first-order chi connectivity index (χ1) is 22.9. The summed E-state index contributed by atoms with van der Waals surface area (Å²) >= 11 is 0. The van der Waals surface area contributed by atoms with Crippen LogP contribution in [-0.2, 0) is 13.1 Å². The summed E-state index contributed by atoms with van der Waals surface area (Å²) in [5.74, 6) is 1.52. The van der Waals surface area contributed by atoms with Gasteiger partial charge in [0.2, 0.25) is 0 Å². The molecule has 0 spiro atoms. The van der Waals surface area contributed by atoms with Crippen molar-refractivity contribution < 1.29 is 0 Å². The van der Waals surface area contributed by atoms with E-state index in [1.54, 1.807) is 0 Å². The molecule has 0 heterocycles. The molecule has 0 aliphatic heterocycles. The number of hydrogen-bond acceptors (Lipinski definition) is 4. The number of anilines is 2. The SMILES string of the molecule is C=NC(=NCc1ccc(-c2ccc(N(C)CC3CCC3)c(N(C)C)c2)cc1)c1ccccc1.NCc1cccc(-c2ccccc2)c1. The maximum atomic E-state index is 5.60. The Morgan fingerprint density at radius 2 is 1.30 bits per heavy atom. The zero-order chi connectivity index (χ0) is 33.0. The molecule has 0 radical (unpaired) electrons. The van der Waals surface area contributed by atoms with E-state index in [4.69, 9.17) is 5.73 Å². The van der Waals surface area contributed by atoms with Crippen molar-refractivity contribution in [3.05, 3.63) is 144 Å². The van der Waals surface area contributed by atoms with Crippen LogP contribution in [0.4, 0.5) is 11.4 Å². The summed E-state index contributed by atoms with van der Waals surface area (Å²) in [7, 11) is 6.47. The van der Waals surface area contributed by atoms with Gasteiger partial charge in [0.15, 0.2) is 5.84 Å². The smallest absolute Gasteiger partial charge is 0.154 e. The van der Waals surface area contributed by atoms with Gasteiger partial charge in [0.1, 0.15) is 0 Å². The lowest BCUT2D eigenvalue weighted by atomic mass is 9.85. The maximum Gasteiger partial charge on any atom is 0.154 e. The molecular formula is C42H47N5. The van der Waals surface area contributed by atoms with Crippen LogP contribution in [0, 0.1) is 5.92 Å². The van der Waals surface area contributed by atoms with Gasteiger partial charge < -0.3 is 15.5 Å². The summed E-state index contributed by atoms with van der Waals surface area (Å²) < 4.78 is 0. The third kappa shape index (κ3) is 9.05. The topological polar surface area (TPSA) is 57.2 Å². The molecule has 5 nitrogen and oxygen atoms in total. The predicted octanol–water partition coefficient (Wildman–Crippen LogP) is 9.12. The minimum Gasteiger partial charge on any atom is -0.376 e. The van der Waals surface area contributed by atoms with E-state index in [0.29, 0.717) is 18.9 Å². The lowest BCUT2D eigenvalue weighted by molar-refractivity contribution is 0.321. The van der Waals surface area contributed by atoms with Crippen molar-refractivity contribution in [3.8, 4) is 22.3 Å². The second-order valence-electron chi connectivity index (χ2n) is 12.4. The second kappa shape index (κ2) is 16.5. The van der Waals surface area contributed by atoms with Gasteiger partial charge in [0, 0.05) is 39.8 Å². The number of benzene rings is 5. The molecule has 5 aromatic carbocycles. The van der Waals surface area contributed by atoms with Crippen molar-refractivity contribution in [1.82, 2.24) is 0 Å². The summed E-state index contributed by atoms with van der Waals surface area (Å²) in [5.41, 5.74) is 16.4. The zero-order valence-electron chi connectivity index (χ0n) is 28.0. The highest BCUT2D eigenvalue weighted by atomic mass is 15.2. The van der Waals surface area contributed by atoms with Crippen LogP contribution in [0.2, 0.25) is 0 Å². The number of rotatable bonds is 10. The van der Waals surface area contributed by atoms with Crippen LogP contribution in [0.25, 0.3) is 22.3 Å². The third-order valence-electron chi connectivity index (χ3n) is 8.78. The molecule has 6 rings (SSSR count). The monoisotopic (exact) mass is 621 g/mol. The first-order valence-electron chi connectivity index (χ1n) is 16.5. The molecule has 1 aliphatic rings. The molecule has 0 bridgehead atoms. The van der Waals surface area contributed by atoms with E-state index in [2.05, 4.69) is 114 Å². The quantitative estimate of drug-likeness (QED) is 0.125. The van der Waals surface area contributed by atoms with Crippen LogP contribution in [0.1, 0.15) is 36.0 Å². The number of nitrogens with zero attached hydrogens (tertiary/aromatic N) is 4. The third-order valence-corrected chi connectivity index (χ3v) is 8.78. The first kappa shape index (κ1) is 33.4. The van der Waals surface area contributed by atoms with Crippen LogP contribution in [0.3, 0.4) is 0 Å². The van der Waals surface area contributed by atoms with Crippen molar-refractivity contribution >= 4 is 23.9 Å². The fourth-order valence-electron chi connectivity index (χ4n) is 5.84. The summed E-state index contributed by atoms with van der Waals surface area (Å²) in [6.07, 6.45) is 4.12. The first-order valence-corrected chi connectivity index (χ1v) is 16.5. The Morgan fingerprint density at radius 1 is 0.681 bits per heavy atom. The van der Waals surface area contributed by atoms with Gasteiger partial charge in [-0.15, -0.1) is 0 Å². The zero-order valence-corrected chi connectivity index (χ0v) is 28.0. The van der Waals surface area contributed by atoms with Gasteiger partial charge in [-0.05, 0) is 77.1 Å². The molecule has 47 heavy (non-hydrogen) atoms. The Hall–Kier alpha value is -5.00. The average molecular weight is 622 g/mol. The van der Waals surface area contributed by atoms with Crippen molar-refractivity contribution in [2.45, 2.75) is 32.4 Å². The average Bonchev–Trinajstić information content (AvgIpc) is 3.11. The van der Waals surface area contributed by atoms with Gasteiger partial charge >= 0.3 is 0 Å². The van der Waals surface area contributed by atoms with Crippen molar-refractivity contribution in [1.29, 1.82) is 0 Å². The van der Waals surface area contributed by atoms with Crippen molar-refractivity contribution in [2.75, 3.05) is 37.5 Å². The molecule has 0 unspecified atom stereocenters. The summed E-state index contributed by atoms with van der Waals surface area (Å²) in [4.78, 5) is 13.4. The van der Waals surface area contributed by atoms with Gasteiger partial charge in [-0.25, -0.2) is 4.99 Å². The Morgan fingerprint density at radius 3 is 1.91 bits per heavy atom. The molecule has 1 fully saturated rings.